The number of ether oxygens (including phenoxy) is 1. The van der Waals surface area contributed by atoms with Crippen molar-refractivity contribution in [3.8, 4) is 11.5 Å². The Morgan fingerprint density at radius 3 is 2.93 bits per heavy atom. The minimum absolute atomic E-state index is 0.0838. The maximum atomic E-state index is 13.1. The predicted octanol–water partition coefficient (Wildman–Crippen LogP) is 2.81. The lowest BCUT2D eigenvalue weighted by Gasteiger charge is -2.04. The average Bonchev–Trinajstić information content (AvgIpc) is 2.23. The van der Waals surface area contributed by atoms with E-state index < -0.39 is 5.82 Å². The molecule has 0 unspecified atom stereocenters. The molecule has 0 saturated carbocycles. The molecule has 1 radical (unpaired) electrons. The Balaban J connectivity index is 2.24. The van der Waals surface area contributed by atoms with Crippen molar-refractivity contribution in [2.45, 2.75) is 0 Å². The molecular formula is C11H7FNO. The molecule has 1 aromatic carbocycles. The summed E-state index contributed by atoms with van der Waals surface area (Å²) in [6.45, 7) is 0. The fraction of sp³-hybridized carbons (Fsp3) is 0. The van der Waals surface area contributed by atoms with E-state index in [-0.39, 0.29) is 5.75 Å². The summed E-state index contributed by atoms with van der Waals surface area (Å²) >= 11 is 0. The topological polar surface area (TPSA) is 22.1 Å². The third-order valence-corrected chi connectivity index (χ3v) is 1.62. The second-order valence-electron chi connectivity index (χ2n) is 2.64. The summed E-state index contributed by atoms with van der Waals surface area (Å²) in [7, 11) is 0. The number of pyridine rings is 1. The Morgan fingerprint density at radius 1 is 1.29 bits per heavy atom. The number of para-hydroxylation sites is 1. The summed E-state index contributed by atoms with van der Waals surface area (Å²) in [5.41, 5.74) is 0. The zero-order valence-electron chi connectivity index (χ0n) is 7.27. The van der Waals surface area contributed by atoms with E-state index in [0.29, 0.717) is 5.75 Å². The summed E-state index contributed by atoms with van der Waals surface area (Å²) in [6, 6.07) is 10.6. The lowest BCUT2D eigenvalue weighted by atomic mass is 10.3. The van der Waals surface area contributed by atoms with Crippen molar-refractivity contribution in [2.75, 3.05) is 0 Å². The minimum Gasteiger partial charge on any atom is -0.452 e. The first-order valence-corrected chi connectivity index (χ1v) is 4.10. The Kier molecular flexibility index (Phi) is 2.40. The van der Waals surface area contributed by atoms with Gasteiger partial charge in [0.05, 0.1) is 6.20 Å². The smallest absolute Gasteiger partial charge is 0.171 e. The van der Waals surface area contributed by atoms with Crippen LogP contribution in [-0.4, -0.2) is 4.98 Å². The second-order valence-corrected chi connectivity index (χ2v) is 2.64. The molecule has 14 heavy (non-hydrogen) atoms. The van der Waals surface area contributed by atoms with Gasteiger partial charge in [-0.15, -0.1) is 0 Å². The van der Waals surface area contributed by atoms with E-state index in [0.717, 1.165) is 0 Å². The number of halogens is 1. The third kappa shape index (κ3) is 1.88. The highest BCUT2D eigenvalue weighted by atomic mass is 19.1. The molecule has 1 aromatic heterocycles. The molecule has 0 fully saturated rings. The van der Waals surface area contributed by atoms with Crippen molar-refractivity contribution >= 4 is 0 Å². The highest BCUT2D eigenvalue weighted by molar-refractivity contribution is 5.28. The zero-order valence-corrected chi connectivity index (χ0v) is 7.27. The Morgan fingerprint density at radius 2 is 2.21 bits per heavy atom. The van der Waals surface area contributed by atoms with Gasteiger partial charge in [0, 0.05) is 12.3 Å². The number of hydrogen-bond donors (Lipinski definition) is 0. The van der Waals surface area contributed by atoms with E-state index in [9.17, 15) is 4.39 Å². The van der Waals surface area contributed by atoms with Gasteiger partial charge in [-0.3, -0.25) is 4.98 Å². The number of nitrogens with zero attached hydrogens (tertiary/aromatic N) is 1. The fourth-order valence-corrected chi connectivity index (χ4v) is 1.00. The van der Waals surface area contributed by atoms with Crippen molar-refractivity contribution in [2.24, 2.45) is 0 Å². The number of aromatic nitrogens is 1. The van der Waals surface area contributed by atoms with E-state index in [1.165, 1.54) is 12.3 Å². The molecule has 0 amide bonds. The largest absolute Gasteiger partial charge is 0.452 e. The van der Waals surface area contributed by atoms with Gasteiger partial charge in [-0.25, -0.2) is 4.39 Å². The lowest BCUT2D eigenvalue weighted by molar-refractivity contribution is 0.439. The molecule has 0 atom stereocenters. The summed E-state index contributed by atoms with van der Waals surface area (Å²) in [5, 5.41) is 0. The highest BCUT2D eigenvalue weighted by Crippen LogP contribution is 2.21. The Labute approximate surface area is 81.0 Å². The van der Waals surface area contributed by atoms with Gasteiger partial charge in [-0.1, -0.05) is 12.1 Å². The van der Waals surface area contributed by atoms with Crippen LogP contribution >= 0.6 is 0 Å². The molecule has 2 aromatic rings. The third-order valence-electron chi connectivity index (χ3n) is 1.62. The number of hydrogen-bond acceptors (Lipinski definition) is 2. The molecule has 0 aliphatic heterocycles. The van der Waals surface area contributed by atoms with Crippen LogP contribution in [0.4, 0.5) is 4.39 Å². The van der Waals surface area contributed by atoms with Crippen LogP contribution in [0, 0.1) is 11.9 Å². The second kappa shape index (κ2) is 3.87. The van der Waals surface area contributed by atoms with Crippen molar-refractivity contribution < 1.29 is 9.13 Å². The van der Waals surface area contributed by atoms with Gasteiger partial charge in [0.25, 0.3) is 0 Å². The van der Waals surface area contributed by atoms with Crippen molar-refractivity contribution in [3.05, 3.63) is 54.6 Å². The van der Waals surface area contributed by atoms with Crippen molar-refractivity contribution in [3.63, 3.8) is 0 Å². The van der Waals surface area contributed by atoms with Gasteiger partial charge < -0.3 is 4.74 Å². The molecule has 3 heteroatoms. The van der Waals surface area contributed by atoms with Gasteiger partial charge in [0.1, 0.15) is 5.75 Å². The van der Waals surface area contributed by atoms with E-state index in [1.54, 1.807) is 30.5 Å². The van der Waals surface area contributed by atoms with Crippen LogP contribution in [0.3, 0.4) is 0 Å². The van der Waals surface area contributed by atoms with Gasteiger partial charge in [-0.05, 0) is 18.2 Å². The molecule has 0 spiro atoms. The monoisotopic (exact) mass is 188 g/mol. The summed E-state index contributed by atoms with van der Waals surface area (Å²) in [5.74, 6) is 0.144. The number of benzene rings is 1. The van der Waals surface area contributed by atoms with Crippen LogP contribution in [0.2, 0.25) is 0 Å². The normalized spacial score (nSPS) is 9.79. The predicted molar refractivity (Wildman–Crippen MR) is 49.5 cm³/mol. The van der Waals surface area contributed by atoms with Crippen molar-refractivity contribution in [1.82, 2.24) is 4.98 Å². The minimum atomic E-state index is -0.434. The Bertz CT molecular complexity index is 417. The molecule has 0 aliphatic carbocycles. The first-order chi connectivity index (χ1) is 6.86. The summed E-state index contributed by atoms with van der Waals surface area (Å²) in [6.07, 6.45) is 3.14. The van der Waals surface area contributed by atoms with Gasteiger partial charge in [0.2, 0.25) is 0 Å². The standard InChI is InChI=1S/C11H7FNO/c12-10-5-1-2-6-11(10)14-9-4-3-7-13-8-9/h1-5,7-8H. The SMILES string of the molecule is Fc1ccc[c]c1Oc1cccnc1. The van der Waals surface area contributed by atoms with Gasteiger partial charge >= 0.3 is 0 Å². The Hall–Kier alpha value is -1.90. The van der Waals surface area contributed by atoms with Crippen LogP contribution in [0.15, 0.2) is 42.7 Å². The lowest BCUT2D eigenvalue weighted by Crippen LogP contribution is -1.87. The van der Waals surface area contributed by atoms with E-state index in [2.05, 4.69) is 11.1 Å². The van der Waals surface area contributed by atoms with E-state index in [1.807, 2.05) is 0 Å². The van der Waals surface area contributed by atoms with Crippen LogP contribution in [-0.2, 0) is 0 Å². The van der Waals surface area contributed by atoms with Gasteiger partial charge in [0.15, 0.2) is 11.6 Å². The summed E-state index contributed by atoms with van der Waals surface area (Å²) < 4.78 is 18.3. The molecule has 69 valence electrons. The molecule has 0 aliphatic rings. The summed E-state index contributed by atoms with van der Waals surface area (Å²) in [4.78, 5) is 3.85. The number of rotatable bonds is 2. The molecule has 2 rings (SSSR count). The average molecular weight is 188 g/mol. The van der Waals surface area contributed by atoms with E-state index >= 15 is 0 Å². The van der Waals surface area contributed by atoms with Crippen LogP contribution in [0.5, 0.6) is 11.5 Å². The molecule has 2 nitrogen and oxygen atoms in total. The van der Waals surface area contributed by atoms with Gasteiger partial charge in [-0.2, -0.15) is 0 Å². The maximum absolute atomic E-state index is 13.1. The van der Waals surface area contributed by atoms with E-state index in [4.69, 9.17) is 4.74 Å². The first-order valence-electron chi connectivity index (χ1n) is 4.10. The molecule has 0 N–H and O–H groups in total. The maximum Gasteiger partial charge on any atom is 0.171 e. The van der Waals surface area contributed by atoms with Crippen LogP contribution in [0.25, 0.3) is 0 Å². The molecule has 0 bridgehead atoms. The molecule has 0 saturated heterocycles. The van der Waals surface area contributed by atoms with Crippen molar-refractivity contribution in [1.29, 1.82) is 0 Å². The zero-order chi connectivity index (χ0) is 9.80. The molecule has 1 heterocycles. The van der Waals surface area contributed by atoms with Crippen LogP contribution in [0.1, 0.15) is 0 Å². The highest BCUT2D eigenvalue weighted by Gasteiger charge is 2.02. The molecular weight excluding hydrogens is 181 g/mol. The fourth-order valence-electron chi connectivity index (χ4n) is 1.00. The first kappa shape index (κ1) is 8.69. The van der Waals surface area contributed by atoms with Crippen LogP contribution < -0.4 is 4.74 Å². The quantitative estimate of drug-likeness (QED) is 0.722.